The number of amides is 2. The van der Waals surface area contributed by atoms with Crippen molar-refractivity contribution in [3.8, 4) is 5.75 Å². The van der Waals surface area contributed by atoms with Gasteiger partial charge in [0.05, 0.1) is 6.54 Å². The number of para-hydroxylation sites is 1. The molecule has 1 aliphatic rings. The number of carbonyl (C=O) groups excluding carboxylic acids is 1. The largest absolute Gasteiger partial charge is 0.492 e. The molecule has 1 saturated heterocycles. The summed E-state index contributed by atoms with van der Waals surface area (Å²) in [5.74, 6) is 0.833. The number of urea groups is 1. The van der Waals surface area contributed by atoms with Crippen molar-refractivity contribution in [2.24, 2.45) is 0 Å². The third kappa shape index (κ3) is 4.91. The normalized spacial score (nSPS) is 18.5. The van der Waals surface area contributed by atoms with E-state index < -0.39 is 0 Å². The first-order chi connectivity index (χ1) is 10.6. The predicted molar refractivity (Wildman–Crippen MR) is 88.2 cm³/mol. The molecule has 0 aliphatic carbocycles. The molecule has 0 spiro atoms. The lowest BCUT2D eigenvalue weighted by Crippen LogP contribution is -2.45. The zero-order valence-corrected chi connectivity index (χ0v) is 13.8. The molecule has 0 bridgehead atoms. The smallest absolute Gasteiger partial charge is 0.317 e. The first-order valence-corrected chi connectivity index (χ1v) is 8.00. The van der Waals surface area contributed by atoms with E-state index in [4.69, 9.17) is 4.74 Å². The van der Waals surface area contributed by atoms with E-state index in [1.807, 2.05) is 30.3 Å². The van der Waals surface area contributed by atoms with Gasteiger partial charge in [-0.25, -0.2) is 4.79 Å². The number of hydrogen-bond donors (Lipinski definition) is 1. The second kappa shape index (κ2) is 8.03. The second-order valence-electron chi connectivity index (χ2n) is 6.11. The number of nitrogens with one attached hydrogen (secondary N) is 1. The monoisotopic (exact) mass is 305 g/mol. The highest BCUT2D eigenvalue weighted by atomic mass is 16.5. The van der Waals surface area contributed by atoms with E-state index in [9.17, 15) is 4.79 Å². The summed E-state index contributed by atoms with van der Waals surface area (Å²) in [6.45, 7) is 7.45. The van der Waals surface area contributed by atoms with Crippen molar-refractivity contribution < 1.29 is 9.53 Å². The highest BCUT2D eigenvalue weighted by Crippen LogP contribution is 2.12. The third-order valence-electron chi connectivity index (χ3n) is 4.06. The Morgan fingerprint density at radius 3 is 2.77 bits per heavy atom. The van der Waals surface area contributed by atoms with Crippen molar-refractivity contribution in [1.29, 1.82) is 0 Å². The fourth-order valence-electron chi connectivity index (χ4n) is 2.58. The quantitative estimate of drug-likeness (QED) is 0.876. The van der Waals surface area contributed by atoms with Crippen LogP contribution in [0.2, 0.25) is 0 Å². The zero-order valence-electron chi connectivity index (χ0n) is 13.8. The second-order valence-corrected chi connectivity index (χ2v) is 6.11. The van der Waals surface area contributed by atoms with Crippen molar-refractivity contribution in [2.45, 2.75) is 32.4 Å². The summed E-state index contributed by atoms with van der Waals surface area (Å²) in [5, 5.41) is 3.10. The average molecular weight is 305 g/mol. The van der Waals surface area contributed by atoms with Crippen LogP contribution in [0.1, 0.15) is 20.3 Å². The highest BCUT2D eigenvalue weighted by molar-refractivity contribution is 5.74. The maximum Gasteiger partial charge on any atom is 0.317 e. The van der Waals surface area contributed by atoms with Gasteiger partial charge >= 0.3 is 6.03 Å². The number of benzene rings is 1. The molecular formula is C17H27N3O2. The Kier molecular flexibility index (Phi) is 6.07. The Balaban J connectivity index is 1.67. The van der Waals surface area contributed by atoms with Crippen LogP contribution in [0.5, 0.6) is 5.75 Å². The standard InChI is InChI=1S/C17H27N3O2/c1-14(2)20-10-9-15(13-20)18-17(21)19(3)11-12-22-16-7-5-4-6-8-16/h4-8,14-15H,9-13H2,1-3H3,(H,18,21). The van der Waals surface area contributed by atoms with Crippen molar-refractivity contribution in [3.05, 3.63) is 30.3 Å². The number of likely N-dealkylation sites (tertiary alicyclic amines) is 1. The molecule has 5 heteroatoms. The van der Waals surface area contributed by atoms with E-state index in [0.717, 1.165) is 25.3 Å². The van der Waals surface area contributed by atoms with E-state index in [2.05, 4.69) is 24.1 Å². The molecule has 5 nitrogen and oxygen atoms in total. The van der Waals surface area contributed by atoms with Gasteiger partial charge in [-0.05, 0) is 32.4 Å². The maximum atomic E-state index is 12.2. The molecule has 1 aromatic carbocycles. The molecule has 1 fully saturated rings. The van der Waals surface area contributed by atoms with Crippen molar-refractivity contribution >= 4 is 6.03 Å². The van der Waals surface area contributed by atoms with Gasteiger partial charge in [-0.1, -0.05) is 18.2 Å². The molecular weight excluding hydrogens is 278 g/mol. The van der Waals surface area contributed by atoms with Gasteiger partial charge in [0.2, 0.25) is 0 Å². The van der Waals surface area contributed by atoms with Gasteiger partial charge in [0, 0.05) is 32.2 Å². The van der Waals surface area contributed by atoms with Crippen LogP contribution in [0.25, 0.3) is 0 Å². The van der Waals surface area contributed by atoms with Gasteiger partial charge in [0.15, 0.2) is 0 Å². The maximum absolute atomic E-state index is 12.2. The van der Waals surface area contributed by atoms with Crippen LogP contribution in [0.4, 0.5) is 4.79 Å². The van der Waals surface area contributed by atoms with Gasteiger partial charge < -0.3 is 15.0 Å². The topological polar surface area (TPSA) is 44.8 Å². The van der Waals surface area contributed by atoms with Crippen LogP contribution >= 0.6 is 0 Å². The summed E-state index contributed by atoms with van der Waals surface area (Å²) in [7, 11) is 1.80. The number of likely N-dealkylation sites (N-methyl/N-ethyl adjacent to an activating group) is 1. The molecule has 1 aromatic rings. The van der Waals surface area contributed by atoms with Gasteiger partial charge in [-0.2, -0.15) is 0 Å². The zero-order chi connectivity index (χ0) is 15.9. The summed E-state index contributed by atoms with van der Waals surface area (Å²) < 4.78 is 5.62. The Morgan fingerprint density at radius 2 is 2.14 bits per heavy atom. The number of nitrogens with zero attached hydrogens (tertiary/aromatic N) is 2. The van der Waals surface area contributed by atoms with Gasteiger partial charge in [0.1, 0.15) is 12.4 Å². The molecule has 0 saturated carbocycles. The SMILES string of the molecule is CC(C)N1CCC(NC(=O)N(C)CCOc2ccccc2)C1. The Hall–Kier alpha value is -1.75. The molecule has 1 unspecified atom stereocenters. The molecule has 0 radical (unpaired) electrons. The van der Waals surface area contributed by atoms with Gasteiger partial charge in [0.25, 0.3) is 0 Å². The fraction of sp³-hybridized carbons (Fsp3) is 0.588. The highest BCUT2D eigenvalue weighted by Gasteiger charge is 2.26. The van der Waals surface area contributed by atoms with Crippen LogP contribution < -0.4 is 10.1 Å². The number of ether oxygens (including phenoxy) is 1. The van der Waals surface area contributed by atoms with Crippen LogP contribution in [-0.4, -0.2) is 61.2 Å². The molecule has 1 atom stereocenters. The summed E-state index contributed by atoms with van der Waals surface area (Å²) in [4.78, 5) is 16.2. The molecule has 0 aromatic heterocycles. The lowest BCUT2D eigenvalue weighted by atomic mass is 10.3. The van der Waals surface area contributed by atoms with Crippen molar-refractivity contribution in [2.75, 3.05) is 33.3 Å². The summed E-state index contributed by atoms with van der Waals surface area (Å²) in [6.07, 6.45) is 1.03. The van der Waals surface area contributed by atoms with Crippen molar-refractivity contribution in [1.82, 2.24) is 15.1 Å². The molecule has 22 heavy (non-hydrogen) atoms. The van der Waals surface area contributed by atoms with Crippen LogP contribution in [0, 0.1) is 0 Å². The lowest BCUT2D eigenvalue weighted by Gasteiger charge is -2.23. The van der Waals surface area contributed by atoms with Gasteiger partial charge in [-0.3, -0.25) is 4.90 Å². The lowest BCUT2D eigenvalue weighted by molar-refractivity contribution is 0.190. The molecule has 1 heterocycles. The minimum absolute atomic E-state index is 0.0210. The van der Waals surface area contributed by atoms with E-state index in [0.29, 0.717) is 19.2 Å². The minimum Gasteiger partial charge on any atom is -0.492 e. The van der Waals surface area contributed by atoms with E-state index in [-0.39, 0.29) is 12.1 Å². The predicted octanol–water partition coefficient (Wildman–Crippen LogP) is 2.19. The van der Waals surface area contributed by atoms with Crippen LogP contribution in [-0.2, 0) is 0 Å². The minimum atomic E-state index is -0.0210. The molecule has 1 aliphatic heterocycles. The Labute approximate surface area is 133 Å². The van der Waals surface area contributed by atoms with E-state index in [1.54, 1.807) is 11.9 Å². The number of rotatable bonds is 6. The Morgan fingerprint density at radius 1 is 1.41 bits per heavy atom. The molecule has 2 rings (SSSR count). The first-order valence-electron chi connectivity index (χ1n) is 8.00. The molecule has 2 amide bonds. The molecule has 122 valence electrons. The first kappa shape index (κ1) is 16.6. The fourth-order valence-corrected chi connectivity index (χ4v) is 2.58. The van der Waals surface area contributed by atoms with Crippen LogP contribution in [0.3, 0.4) is 0 Å². The van der Waals surface area contributed by atoms with Gasteiger partial charge in [-0.15, -0.1) is 0 Å². The van der Waals surface area contributed by atoms with E-state index >= 15 is 0 Å². The number of hydrogen-bond acceptors (Lipinski definition) is 3. The molecule has 1 N–H and O–H groups in total. The Bertz CT molecular complexity index is 464. The third-order valence-corrected chi connectivity index (χ3v) is 4.06. The summed E-state index contributed by atoms with van der Waals surface area (Å²) >= 11 is 0. The summed E-state index contributed by atoms with van der Waals surface area (Å²) in [5.41, 5.74) is 0. The van der Waals surface area contributed by atoms with Crippen molar-refractivity contribution in [3.63, 3.8) is 0 Å². The average Bonchev–Trinajstić information content (AvgIpc) is 2.97. The van der Waals surface area contributed by atoms with Crippen LogP contribution in [0.15, 0.2) is 30.3 Å². The number of carbonyl (C=O) groups is 1. The summed E-state index contributed by atoms with van der Waals surface area (Å²) in [6, 6.07) is 10.4. The van der Waals surface area contributed by atoms with E-state index in [1.165, 1.54) is 0 Å².